The molecule has 1 aromatic rings. The zero-order chi connectivity index (χ0) is 11.8. The van der Waals surface area contributed by atoms with E-state index >= 15 is 0 Å². The predicted octanol–water partition coefficient (Wildman–Crippen LogP) is 2.43. The third-order valence-electron chi connectivity index (χ3n) is 3.60. The van der Waals surface area contributed by atoms with Crippen LogP contribution >= 0.6 is 36.6 Å². The van der Waals surface area contributed by atoms with Crippen LogP contribution in [-0.4, -0.2) is 35.6 Å². The first-order valence-corrected chi connectivity index (χ1v) is 7.25. The van der Waals surface area contributed by atoms with Gasteiger partial charge < -0.3 is 10.2 Å². The Kier molecular flexibility index (Phi) is 6.17. The zero-order valence-corrected chi connectivity index (χ0v) is 13.6. The average Bonchev–Trinajstić information content (AvgIpc) is 2.72. The monoisotopic (exact) mass is 322 g/mol. The van der Waals surface area contributed by atoms with Gasteiger partial charge in [0.2, 0.25) is 0 Å². The van der Waals surface area contributed by atoms with Crippen LogP contribution in [0.4, 0.5) is 5.82 Å². The van der Waals surface area contributed by atoms with E-state index in [4.69, 9.17) is 0 Å². The number of rotatable bonds is 1. The Labute approximate surface area is 131 Å². The van der Waals surface area contributed by atoms with Gasteiger partial charge in [-0.1, -0.05) is 0 Å². The van der Waals surface area contributed by atoms with E-state index in [-0.39, 0.29) is 24.8 Å². The van der Waals surface area contributed by atoms with Gasteiger partial charge in [-0.25, -0.2) is 9.97 Å². The minimum Gasteiger partial charge on any atom is -0.351 e. The molecular weight excluding hydrogens is 303 g/mol. The molecular formula is C12H20Cl2N4S. The van der Waals surface area contributed by atoms with Crippen molar-refractivity contribution in [2.45, 2.75) is 30.9 Å². The highest BCUT2D eigenvalue weighted by atomic mass is 35.5. The third kappa shape index (κ3) is 3.10. The predicted molar refractivity (Wildman–Crippen MR) is 85.9 cm³/mol. The minimum absolute atomic E-state index is 0. The molecule has 0 bridgehead atoms. The van der Waals surface area contributed by atoms with Crippen LogP contribution in [0.15, 0.2) is 6.33 Å². The topological polar surface area (TPSA) is 41.1 Å². The molecule has 3 heterocycles. The molecule has 19 heavy (non-hydrogen) atoms. The first-order chi connectivity index (χ1) is 8.27. The lowest BCUT2D eigenvalue weighted by atomic mass is 10.1. The number of anilines is 1. The summed E-state index contributed by atoms with van der Waals surface area (Å²) in [6, 6.07) is 0.514. The van der Waals surface area contributed by atoms with Gasteiger partial charge in [0.05, 0.1) is 5.69 Å². The van der Waals surface area contributed by atoms with Gasteiger partial charge in [0.1, 0.15) is 12.1 Å². The molecule has 4 nitrogen and oxygen atoms in total. The summed E-state index contributed by atoms with van der Waals surface area (Å²) in [6.07, 6.45) is 1.72. The molecule has 2 aliphatic heterocycles. The van der Waals surface area contributed by atoms with Gasteiger partial charge in [0, 0.05) is 42.2 Å². The lowest BCUT2D eigenvalue weighted by Crippen LogP contribution is -2.50. The normalized spacial score (nSPS) is 25.3. The molecule has 1 N–H and O–H groups in total. The van der Waals surface area contributed by atoms with Crippen molar-refractivity contribution in [2.24, 2.45) is 0 Å². The molecule has 1 saturated heterocycles. The zero-order valence-electron chi connectivity index (χ0n) is 11.1. The van der Waals surface area contributed by atoms with Crippen LogP contribution in [-0.2, 0) is 5.75 Å². The van der Waals surface area contributed by atoms with Gasteiger partial charge in [-0.2, -0.15) is 0 Å². The number of nitrogens with zero attached hydrogens (tertiary/aromatic N) is 3. The second-order valence-corrected chi connectivity index (χ2v) is 6.09. The van der Waals surface area contributed by atoms with Gasteiger partial charge in [0.15, 0.2) is 0 Å². The minimum atomic E-state index is 0. The number of nitrogens with one attached hydrogen (secondary N) is 1. The van der Waals surface area contributed by atoms with Gasteiger partial charge >= 0.3 is 0 Å². The van der Waals surface area contributed by atoms with E-state index in [0.717, 1.165) is 25.4 Å². The molecule has 0 radical (unpaired) electrons. The summed E-state index contributed by atoms with van der Waals surface area (Å²) in [5.74, 6) is 2.20. The molecule has 0 amide bonds. The Balaban J connectivity index is 0.000000902. The van der Waals surface area contributed by atoms with Crippen LogP contribution in [0.2, 0.25) is 0 Å². The smallest absolute Gasteiger partial charge is 0.136 e. The van der Waals surface area contributed by atoms with E-state index in [1.54, 1.807) is 6.33 Å². The van der Waals surface area contributed by atoms with E-state index in [1.807, 2.05) is 11.8 Å². The maximum Gasteiger partial charge on any atom is 0.136 e. The number of piperazine rings is 1. The van der Waals surface area contributed by atoms with E-state index in [9.17, 15) is 0 Å². The number of hydrogen-bond acceptors (Lipinski definition) is 5. The molecule has 7 heteroatoms. The fraction of sp³-hybridized carbons (Fsp3) is 0.667. The lowest BCUT2D eigenvalue weighted by molar-refractivity contribution is 0.495. The van der Waals surface area contributed by atoms with E-state index in [0.29, 0.717) is 11.3 Å². The maximum atomic E-state index is 4.55. The number of fused-ring (bicyclic) bond motifs is 1. The van der Waals surface area contributed by atoms with Crippen LogP contribution in [0.5, 0.6) is 0 Å². The van der Waals surface area contributed by atoms with Gasteiger partial charge in [-0.3, -0.25) is 0 Å². The average molecular weight is 323 g/mol. The summed E-state index contributed by atoms with van der Waals surface area (Å²) < 4.78 is 0. The standard InChI is InChI=1S/C12H18N4S.2ClH/c1-8-5-13-3-4-16(8)12-11-9(2)17-6-10(11)14-7-15-12;;/h7-9,13H,3-6H2,1-2H3;2*1H. The molecule has 0 aromatic carbocycles. The quantitative estimate of drug-likeness (QED) is 0.860. The first-order valence-electron chi connectivity index (χ1n) is 6.20. The summed E-state index contributed by atoms with van der Waals surface area (Å²) in [5, 5.41) is 3.95. The highest BCUT2D eigenvalue weighted by Gasteiger charge is 2.29. The van der Waals surface area contributed by atoms with Crippen molar-refractivity contribution in [3.05, 3.63) is 17.6 Å². The fourth-order valence-electron chi connectivity index (χ4n) is 2.62. The molecule has 1 aromatic heterocycles. The van der Waals surface area contributed by atoms with Crippen molar-refractivity contribution in [1.29, 1.82) is 0 Å². The maximum absolute atomic E-state index is 4.55. The van der Waals surface area contributed by atoms with Crippen LogP contribution in [0.3, 0.4) is 0 Å². The second-order valence-electron chi connectivity index (χ2n) is 4.76. The number of aromatic nitrogens is 2. The molecule has 108 valence electrons. The largest absolute Gasteiger partial charge is 0.351 e. The summed E-state index contributed by atoms with van der Waals surface area (Å²) in [6.45, 7) is 7.65. The summed E-state index contributed by atoms with van der Waals surface area (Å²) in [4.78, 5) is 11.4. The highest BCUT2D eigenvalue weighted by Crippen LogP contribution is 2.44. The van der Waals surface area contributed by atoms with Crippen molar-refractivity contribution >= 4 is 42.4 Å². The lowest BCUT2D eigenvalue weighted by Gasteiger charge is -2.36. The van der Waals surface area contributed by atoms with Gasteiger partial charge in [0.25, 0.3) is 0 Å². The van der Waals surface area contributed by atoms with Crippen molar-refractivity contribution < 1.29 is 0 Å². The molecule has 1 fully saturated rings. The van der Waals surface area contributed by atoms with E-state index < -0.39 is 0 Å². The Morgan fingerprint density at radius 1 is 1.32 bits per heavy atom. The van der Waals surface area contributed by atoms with Gasteiger partial charge in [-0.05, 0) is 13.8 Å². The van der Waals surface area contributed by atoms with Crippen molar-refractivity contribution in [3.63, 3.8) is 0 Å². The number of halogens is 2. The van der Waals surface area contributed by atoms with Crippen LogP contribution in [0.1, 0.15) is 30.4 Å². The first kappa shape index (κ1) is 16.8. The molecule has 2 aliphatic rings. The molecule has 3 rings (SSSR count). The number of thioether (sulfide) groups is 1. The molecule has 2 atom stereocenters. The third-order valence-corrected chi connectivity index (χ3v) is 4.77. The molecule has 0 aliphatic carbocycles. The Morgan fingerprint density at radius 3 is 2.84 bits per heavy atom. The summed E-state index contributed by atoms with van der Waals surface area (Å²) >= 11 is 1.96. The molecule has 0 saturated carbocycles. The van der Waals surface area contributed by atoms with Crippen molar-refractivity contribution in [2.75, 3.05) is 24.5 Å². The molecule has 0 spiro atoms. The molecule has 2 unspecified atom stereocenters. The Bertz CT molecular complexity index is 432. The summed E-state index contributed by atoms with van der Waals surface area (Å²) in [7, 11) is 0. The Hall–Kier alpha value is -0.230. The van der Waals surface area contributed by atoms with Gasteiger partial charge in [-0.15, -0.1) is 36.6 Å². The number of hydrogen-bond donors (Lipinski definition) is 1. The second kappa shape index (κ2) is 6.97. The SMILES string of the molecule is CC1SCc2ncnc(N3CCNCC3C)c21.Cl.Cl. The van der Waals surface area contributed by atoms with E-state index in [1.165, 1.54) is 17.1 Å². The van der Waals surface area contributed by atoms with Crippen LogP contribution < -0.4 is 10.2 Å². The van der Waals surface area contributed by atoms with Crippen molar-refractivity contribution in [1.82, 2.24) is 15.3 Å². The highest BCUT2D eigenvalue weighted by molar-refractivity contribution is 7.99. The fourth-order valence-corrected chi connectivity index (χ4v) is 3.67. The van der Waals surface area contributed by atoms with Crippen LogP contribution in [0, 0.1) is 0 Å². The summed E-state index contributed by atoms with van der Waals surface area (Å²) in [5.41, 5.74) is 2.60. The van der Waals surface area contributed by atoms with Crippen molar-refractivity contribution in [3.8, 4) is 0 Å². The van der Waals surface area contributed by atoms with Crippen LogP contribution in [0.25, 0.3) is 0 Å². The Morgan fingerprint density at radius 2 is 2.11 bits per heavy atom. The van der Waals surface area contributed by atoms with E-state index in [2.05, 4.69) is 34.0 Å².